The van der Waals surface area contributed by atoms with E-state index in [1.165, 1.54) is 0 Å². The van der Waals surface area contributed by atoms with E-state index in [1.807, 2.05) is 0 Å². The molecule has 1 unspecified atom stereocenters. The highest BCUT2D eigenvalue weighted by molar-refractivity contribution is 5.97. The summed E-state index contributed by atoms with van der Waals surface area (Å²) >= 11 is 0. The van der Waals surface area contributed by atoms with Crippen LogP contribution in [0.2, 0.25) is 0 Å². The fourth-order valence-electron chi connectivity index (χ4n) is 2.13. The Morgan fingerprint density at radius 2 is 1.76 bits per heavy atom. The molecule has 21 heavy (non-hydrogen) atoms. The molecule has 0 radical (unpaired) electrons. The van der Waals surface area contributed by atoms with E-state index in [-0.39, 0.29) is 6.61 Å². The monoisotopic (exact) mass is 294 g/mol. The van der Waals surface area contributed by atoms with E-state index >= 15 is 0 Å². The van der Waals surface area contributed by atoms with Gasteiger partial charge in [0.1, 0.15) is 0 Å². The number of carboxylic acids is 1. The van der Waals surface area contributed by atoms with Gasteiger partial charge in [0.15, 0.2) is 0 Å². The van der Waals surface area contributed by atoms with Gasteiger partial charge < -0.3 is 21.3 Å². The molecule has 0 aliphatic carbocycles. The second-order valence-electron chi connectivity index (χ2n) is 6.05. The van der Waals surface area contributed by atoms with Crippen LogP contribution in [-0.2, 0) is 16.2 Å². The number of hydrogen-bond acceptors (Lipinski definition) is 4. The van der Waals surface area contributed by atoms with E-state index in [1.54, 1.807) is 45.0 Å². The van der Waals surface area contributed by atoms with Crippen LogP contribution in [0.15, 0.2) is 24.3 Å². The smallest absolute Gasteiger partial charge is 0.309 e. The fourth-order valence-corrected chi connectivity index (χ4v) is 2.13. The molecule has 0 spiro atoms. The number of nitrogens with one attached hydrogen (secondary N) is 1. The van der Waals surface area contributed by atoms with Crippen molar-refractivity contribution in [3.05, 3.63) is 29.8 Å². The van der Waals surface area contributed by atoms with E-state index in [2.05, 4.69) is 5.32 Å². The molecule has 116 valence electrons. The van der Waals surface area contributed by atoms with Crippen LogP contribution < -0.4 is 11.1 Å². The lowest BCUT2D eigenvalue weighted by molar-refractivity contribution is -0.148. The summed E-state index contributed by atoms with van der Waals surface area (Å²) in [6.07, 6.45) is 0. The summed E-state index contributed by atoms with van der Waals surface area (Å²) in [5, 5.41) is 20.8. The molecule has 6 nitrogen and oxygen atoms in total. The SMILES string of the molecule is CC(C)(C)[C@@H](C(=O)O)C(N)C(=O)Nc1ccc(CO)cc1. The number of amides is 1. The van der Waals surface area contributed by atoms with Gasteiger partial charge in [-0.25, -0.2) is 0 Å². The summed E-state index contributed by atoms with van der Waals surface area (Å²) < 4.78 is 0. The van der Waals surface area contributed by atoms with Gasteiger partial charge in [0.05, 0.1) is 18.6 Å². The van der Waals surface area contributed by atoms with E-state index in [4.69, 9.17) is 10.8 Å². The maximum Gasteiger partial charge on any atom is 0.309 e. The molecule has 0 saturated carbocycles. The highest BCUT2D eigenvalue weighted by Crippen LogP contribution is 2.28. The number of anilines is 1. The van der Waals surface area contributed by atoms with Crippen LogP contribution in [-0.4, -0.2) is 28.1 Å². The Bertz CT molecular complexity index is 505. The van der Waals surface area contributed by atoms with Crippen molar-refractivity contribution in [3.63, 3.8) is 0 Å². The summed E-state index contributed by atoms with van der Waals surface area (Å²) in [5.41, 5.74) is 6.41. The lowest BCUT2D eigenvalue weighted by atomic mass is 9.76. The van der Waals surface area contributed by atoms with Crippen LogP contribution >= 0.6 is 0 Å². The summed E-state index contributed by atoms with van der Waals surface area (Å²) in [7, 11) is 0. The summed E-state index contributed by atoms with van der Waals surface area (Å²) in [6.45, 7) is 5.11. The fraction of sp³-hybridized carbons (Fsp3) is 0.467. The maximum absolute atomic E-state index is 12.1. The van der Waals surface area contributed by atoms with Crippen molar-refractivity contribution < 1.29 is 19.8 Å². The minimum atomic E-state index is -1.15. The minimum absolute atomic E-state index is 0.0845. The summed E-state index contributed by atoms with van der Waals surface area (Å²) in [4.78, 5) is 23.5. The Labute approximate surface area is 124 Å². The van der Waals surface area contributed by atoms with Crippen LogP contribution in [0, 0.1) is 11.3 Å². The molecule has 0 heterocycles. The molecule has 1 rings (SSSR count). The number of aliphatic carboxylic acids is 1. The molecule has 0 saturated heterocycles. The number of hydrogen-bond donors (Lipinski definition) is 4. The van der Waals surface area contributed by atoms with Crippen molar-refractivity contribution in [1.29, 1.82) is 0 Å². The van der Waals surface area contributed by atoms with Crippen LogP contribution in [0.3, 0.4) is 0 Å². The number of nitrogens with two attached hydrogens (primary N) is 1. The first-order chi connectivity index (χ1) is 9.66. The Balaban J connectivity index is 2.83. The molecular formula is C15H22N2O4. The van der Waals surface area contributed by atoms with Crippen molar-refractivity contribution in [2.45, 2.75) is 33.4 Å². The van der Waals surface area contributed by atoms with E-state index < -0.39 is 29.3 Å². The maximum atomic E-state index is 12.1. The first-order valence-electron chi connectivity index (χ1n) is 6.66. The topological polar surface area (TPSA) is 113 Å². The Hall–Kier alpha value is -1.92. The van der Waals surface area contributed by atoms with Crippen molar-refractivity contribution in [3.8, 4) is 0 Å². The largest absolute Gasteiger partial charge is 0.481 e. The highest BCUT2D eigenvalue weighted by Gasteiger charge is 2.39. The standard InChI is InChI=1S/C15H22N2O4/c1-15(2,3)11(14(20)21)12(16)13(19)17-10-6-4-9(8-18)5-7-10/h4-7,11-12,18H,8,16H2,1-3H3,(H,17,19)(H,20,21)/t11-,12?/m1/s1. The number of benzene rings is 1. The van der Waals surface area contributed by atoms with Gasteiger partial charge in [-0.1, -0.05) is 32.9 Å². The number of rotatable bonds is 5. The molecule has 2 atom stereocenters. The average Bonchev–Trinajstić information content (AvgIpc) is 2.37. The molecule has 1 aromatic carbocycles. The zero-order chi connectivity index (χ0) is 16.2. The van der Waals surface area contributed by atoms with Crippen molar-refractivity contribution in [2.75, 3.05) is 5.32 Å². The predicted molar refractivity (Wildman–Crippen MR) is 79.6 cm³/mol. The van der Waals surface area contributed by atoms with Gasteiger partial charge in [0, 0.05) is 5.69 Å². The van der Waals surface area contributed by atoms with Gasteiger partial charge in [-0.3, -0.25) is 9.59 Å². The van der Waals surface area contributed by atoms with Crippen LogP contribution in [0.1, 0.15) is 26.3 Å². The van der Waals surface area contributed by atoms with Crippen LogP contribution in [0.4, 0.5) is 5.69 Å². The van der Waals surface area contributed by atoms with Gasteiger partial charge in [-0.2, -0.15) is 0 Å². The Kier molecular flexibility index (Phi) is 5.46. The first-order valence-corrected chi connectivity index (χ1v) is 6.66. The van der Waals surface area contributed by atoms with Gasteiger partial charge in [-0.05, 0) is 23.1 Å². The zero-order valence-electron chi connectivity index (χ0n) is 12.5. The zero-order valence-corrected chi connectivity index (χ0v) is 12.5. The third-order valence-electron chi connectivity index (χ3n) is 3.26. The number of aliphatic hydroxyl groups excluding tert-OH is 1. The molecule has 0 aliphatic rings. The molecule has 1 amide bonds. The summed E-state index contributed by atoms with van der Waals surface area (Å²) in [5.74, 6) is -2.64. The van der Waals surface area contributed by atoms with E-state index in [0.29, 0.717) is 5.69 Å². The van der Waals surface area contributed by atoms with E-state index in [9.17, 15) is 14.7 Å². The molecule has 5 N–H and O–H groups in total. The predicted octanol–water partition coefficient (Wildman–Crippen LogP) is 1.19. The number of aliphatic hydroxyl groups is 1. The van der Waals surface area contributed by atoms with Gasteiger partial charge in [0.25, 0.3) is 0 Å². The molecule has 6 heteroatoms. The molecule has 1 aromatic rings. The summed E-state index contributed by atoms with van der Waals surface area (Å²) in [6, 6.07) is 5.44. The van der Waals surface area contributed by atoms with Crippen molar-refractivity contribution >= 4 is 17.6 Å². The lowest BCUT2D eigenvalue weighted by Crippen LogP contribution is -2.50. The van der Waals surface area contributed by atoms with E-state index in [0.717, 1.165) is 5.56 Å². The Morgan fingerprint density at radius 1 is 1.24 bits per heavy atom. The molecular weight excluding hydrogens is 272 g/mol. The molecule has 0 fully saturated rings. The van der Waals surface area contributed by atoms with Crippen LogP contribution in [0.5, 0.6) is 0 Å². The molecule has 0 aliphatic heterocycles. The highest BCUT2D eigenvalue weighted by atomic mass is 16.4. The number of carbonyl (C=O) groups is 2. The second-order valence-corrected chi connectivity index (χ2v) is 6.05. The lowest BCUT2D eigenvalue weighted by Gasteiger charge is -2.31. The van der Waals surface area contributed by atoms with Crippen molar-refractivity contribution in [2.24, 2.45) is 17.1 Å². The van der Waals surface area contributed by atoms with Crippen LogP contribution in [0.25, 0.3) is 0 Å². The third-order valence-corrected chi connectivity index (χ3v) is 3.26. The van der Waals surface area contributed by atoms with Crippen molar-refractivity contribution in [1.82, 2.24) is 0 Å². The third kappa shape index (κ3) is 4.54. The normalized spacial score (nSPS) is 14.3. The molecule has 0 aromatic heterocycles. The van der Waals surface area contributed by atoms with Gasteiger partial charge >= 0.3 is 5.97 Å². The van der Waals surface area contributed by atoms with Gasteiger partial charge in [-0.15, -0.1) is 0 Å². The minimum Gasteiger partial charge on any atom is -0.481 e. The Morgan fingerprint density at radius 3 is 2.14 bits per heavy atom. The average molecular weight is 294 g/mol. The quantitative estimate of drug-likeness (QED) is 0.651. The van der Waals surface area contributed by atoms with Gasteiger partial charge in [0.2, 0.25) is 5.91 Å². The molecule has 0 bridgehead atoms. The first kappa shape index (κ1) is 17.1. The number of carbonyl (C=O) groups excluding carboxylic acids is 1. The second kappa shape index (κ2) is 6.69. The number of carboxylic acid groups (broad SMARTS) is 1.